The van der Waals surface area contributed by atoms with Gasteiger partial charge in [0.1, 0.15) is 0 Å². The monoisotopic (exact) mass is 253 g/mol. The highest BCUT2D eigenvalue weighted by Crippen LogP contribution is 2.38. The van der Waals surface area contributed by atoms with Gasteiger partial charge in [0, 0.05) is 17.1 Å². The van der Waals surface area contributed by atoms with E-state index in [1.807, 2.05) is 18.3 Å². The average molecular weight is 253 g/mol. The van der Waals surface area contributed by atoms with Gasteiger partial charge in [-0.3, -0.25) is 0 Å². The number of H-pyrrole nitrogens is 1. The van der Waals surface area contributed by atoms with Gasteiger partial charge in [0.25, 0.3) is 0 Å². The van der Waals surface area contributed by atoms with Crippen molar-refractivity contribution in [2.24, 2.45) is 0 Å². The lowest BCUT2D eigenvalue weighted by Crippen LogP contribution is -2.26. The number of nitrogens with one attached hydrogen (secondary N) is 1. The summed E-state index contributed by atoms with van der Waals surface area (Å²) in [6.07, 6.45) is 5.00. The largest absolute Gasteiger partial charge is 0.361 e. The number of aromatic nitrogens is 1. The SMILES string of the molecule is CN1CCCC(C#N)(c2c[nH]c3ccccc23)CC1. The molecule has 1 aliphatic rings. The van der Waals surface area contributed by atoms with Crippen LogP contribution in [0.1, 0.15) is 24.8 Å². The van der Waals surface area contributed by atoms with Crippen LogP contribution in [0.2, 0.25) is 0 Å². The van der Waals surface area contributed by atoms with Gasteiger partial charge in [-0.2, -0.15) is 5.26 Å². The van der Waals surface area contributed by atoms with Crippen molar-refractivity contribution in [2.75, 3.05) is 20.1 Å². The Labute approximate surface area is 113 Å². The molecule has 0 bridgehead atoms. The third-order valence-corrected chi connectivity index (χ3v) is 4.38. The van der Waals surface area contributed by atoms with Crippen LogP contribution in [0.3, 0.4) is 0 Å². The molecule has 2 aromatic rings. The molecule has 98 valence electrons. The molecule has 1 saturated heterocycles. The van der Waals surface area contributed by atoms with Gasteiger partial charge >= 0.3 is 0 Å². The normalized spacial score (nSPS) is 25.1. The Morgan fingerprint density at radius 2 is 2.11 bits per heavy atom. The van der Waals surface area contributed by atoms with Gasteiger partial charge in [-0.15, -0.1) is 0 Å². The minimum atomic E-state index is -0.329. The zero-order valence-corrected chi connectivity index (χ0v) is 11.3. The van der Waals surface area contributed by atoms with Crippen molar-refractivity contribution in [3.63, 3.8) is 0 Å². The molecule has 1 aliphatic heterocycles. The maximum absolute atomic E-state index is 9.80. The fourth-order valence-corrected chi connectivity index (χ4v) is 3.18. The average Bonchev–Trinajstić information content (AvgIpc) is 2.78. The molecule has 3 heteroatoms. The van der Waals surface area contributed by atoms with E-state index >= 15 is 0 Å². The van der Waals surface area contributed by atoms with E-state index in [0.29, 0.717) is 0 Å². The topological polar surface area (TPSA) is 42.8 Å². The molecule has 1 aromatic carbocycles. The van der Waals surface area contributed by atoms with Crippen molar-refractivity contribution >= 4 is 10.9 Å². The van der Waals surface area contributed by atoms with E-state index in [4.69, 9.17) is 0 Å². The minimum absolute atomic E-state index is 0.329. The van der Waals surface area contributed by atoms with E-state index < -0.39 is 0 Å². The smallest absolute Gasteiger partial charge is 0.0855 e. The number of nitrogens with zero attached hydrogens (tertiary/aromatic N) is 2. The van der Waals surface area contributed by atoms with E-state index in [2.05, 4.69) is 35.1 Å². The van der Waals surface area contributed by atoms with Crippen LogP contribution in [0, 0.1) is 11.3 Å². The van der Waals surface area contributed by atoms with E-state index in [-0.39, 0.29) is 5.41 Å². The van der Waals surface area contributed by atoms with Crippen molar-refractivity contribution in [3.05, 3.63) is 36.0 Å². The Morgan fingerprint density at radius 3 is 2.95 bits per heavy atom. The molecular formula is C16H19N3. The standard InChI is InChI=1S/C16H19N3/c1-19-9-4-7-16(12-17,8-10-19)14-11-18-15-6-3-2-5-13(14)15/h2-3,5-6,11,18H,4,7-10H2,1H3. The summed E-state index contributed by atoms with van der Waals surface area (Å²) in [7, 11) is 2.14. The van der Waals surface area contributed by atoms with E-state index in [1.165, 1.54) is 10.9 Å². The van der Waals surface area contributed by atoms with Gasteiger partial charge in [0.05, 0.1) is 11.5 Å². The highest BCUT2D eigenvalue weighted by atomic mass is 15.1. The van der Waals surface area contributed by atoms with Crippen LogP contribution in [0.25, 0.3) is 10.9 Å². The molecular weight excluding hydrogens is 234 g/mol. The quantitative estimate of drug-likeness (QED) is 0.848. The Bertz CT molecular complexity index is 622. The first-order valence-corrected chi connectivity index (χ1v) is 6.92. The summed E-state index contributed by atoms with van der Waals surface area (Å²) in [5, 5.41) is 11.0. The lowest BCUT2D eigenvalue weighted by molar-refractivity contribution is 0.342. The number of aromatic amines is 1. The van der Waals surface area contributed by atoms with Crippen molar-refractivity contribution in [3.8, 4) is 6.07 Å². The van der Waals surface area contributed by atoms with E-state index in [9.17, 15) is 5.26 Å². The molecule has 1 N–H and O–H groups in total. The van der Waals surface area contributed by atoms with Crippen molar-refractivity contribution in [1.29, 1.82) is 5.26 Å². The molecule has 3 nitrogen and oxygen atoms in total. The number of benzene rings is 1. The maximum atomic E-state index is 9.80. The first-order valence-electron chi connectivity index (χ1n) is 6.92. The third-order valence-electron chi connectivity index (χ3n) is 4.38. The maximum Gasteiger partial charge on any atom is 0.0855 e. The van der Waals surface area contributed by atoms with Gasteiger partial charge in [-0.1, -0.05) is 18.2 Å². The molecule has 1 aromatic heterocycles. The number of likely N-dealkylation sites (tertiary alicyclic amines) is 1. The molecule has 19 heavy (non-hydrogen) atoms. The summed E-state index contributed by atoms with van der Waals surface area (Å²) in [6.45, 7) is 2.08. The number of nitriles is 1. The second-order valence-corrected chi connectivity index (χ2v) is 5.60. The first kappa shape index (κ1) is 12.3. The van der Waals surface area contributed by atoms with Gasteiger partial charge in [0.2, 0.25) is 0 Å². The Balaban J connectivity index is 2.09. The second-order valence-electron chi connectivity index (χ2n) is 5.60. The Kier molecular flexibility index (Phi) is 3.04. The van der Waals surface area contributed by atoms with Gasteiger partial charge in [-0.05, 0) is 51.0 Å². The molecule has 0 radical (unpaired) electrons. The highest BCUT2D eigenvalue weighted by Gasteiger charge is 2.35. The Hall–Kier alpha value is -1.79. The Morgan fingerprint density at radius 1 is 1.26 bits per heavy atom. The number of fused-ring (bicyclic) bond motifs is 1. The molecule has 0 aliphatic carbocycles. The van der Waals surface area contributed by atoms with E-state index in [0.717, 1.165) is 37.9 Å². The summed E-state index contributed by atoms with van der Waals surface area (Å²) in [5.41, 5.74) is 1.98. The van der Waals surface area contributed by atoms with Crippen LogP contribution in [-0.4, -0.2) is 30.0 Å². The second kappa shape index (κ2) is 4.71. The minimum Gasteiger partial charge on any atom is -0.361 e. The van der Waals surface area contributed by atoms with Crippen LogP contribution in [0.5, 0.6) is 0 Å². The number of rotatable bonds is 1. The fraction of sp³-hybridized carbons (Fsp3) is 0.438. The van der Waals surface area contributed by atoms with Crippen molar-refractivity contribution < 1.29 is 0 Å². The summed E-state index contributed by atoms with van der Waals surface area (Å²) in [5.74, 6) is 0. The molecule has 0 spiro atoms. The van der Waals surface area contributed by atoms with Gasteiger partial charge in [-0.25, -0.2) is 0 Å². The molecule has 3 rings (SSSR count). The van der Waals surface area contributed by atoms with Crippen LogP contribution < -0.4 is 0 Å². The summed E-state index contributed by atoms with van der Waals surface area (Å²) < 4.78 is 0. The summed E-state index contributed by atoms with van der Waals surface area (Å²) in [6, 6.07) is 10.9. The molecule has 0 amide bonds. The first-order chi connectivity index (χ1) is 9.25. The fourth-order valence-electron chi connectivity index (χ4n) is 3.18. The van der Waals surface area contributed by atoms with E-state index in [1.54, 1.807) is 0 Å². The lowest BCUT2D eigenvalue weighted by Gasteiger charge is -2.24. The predicted molar refractivity (Wildman–Crippen MR) is 76.9 cm³/mol. The molecule has 1 unspecified atom stereocenters. The number of hydrogen-bond donors (Lipinski definition) is 1. The summed E-state index contributed by atoms with van der Waals surface area (Å²) >= 11 is 0. The number of para-hydroxylation sites is 1. The summed E-state index contributed by atoms with van der Waals surface area (Å²) in [4.78, 5) is 5.64. The lowest BCUT2D eigenvalue weighted by atomic mass is 9.76. The highest BCUT2D eigenvalue weighted by molar-refractivity contribution is 5.84. The third kappa shape index (κ3) is 2.02. The zero-order valence-electron chi connectivity index (χ0n) is 11.3. The number of hydrogen-bond acceptors (Lipinski definition) is 2. The molecule has 2 heterocycles. The predicted octanol–water partition coefficient (Wildman–Crippen LogP) is 3.04. The van der Waals surface area contributed by atoms with Crippen LogP contribution in [0.15, 0.2) is 30.5 Å². The van der Waals surface area contributed by atoms with Crippen molar-refractivity contribution in [2.45, 2.75) is 24.7 Å². The molecule has 0 saturated carbocycles. The van der Waals surface area contributed by atoms with Crippen LogP contribution in [-0.2, 0) is 5.41 Å². The van der Waals surface area contributed by atoms with Crippen molar-refractivity contribution in [1.82, 2.24) is 9.88 Å². The van der Waals surface area contributed by atoms with Crippen LogP contribution >= 0.6 is 0 Å². The van der Waals surface area contributed by atoms with Gasteiger partial charge in [0.15, 0.2) is 0 Å². The zero-order chi connectivity index (χ0) is 13.3. The van der Waals surface area contributed by atoms with Crippen LogP contribution in [0.4, 0.5) is 0 Å². The molecule has 1 fully saturated rings. The molecule has 1 atom stereocenters. The van der Waals surface area contributed by atoms with Gasteiger partial charge < -0.3 is 9.88 Å².